The number of rotatable bonds is 4. The van der Waals surface area contributed by atoms with Gasteiger partial charge >= 0.3 is 0 Å². The Morgan fingerprint density at radius 3 is 2.24 bits per heavy atom. The Hall–Kier alpha value is -1.16. The van der Waals surface area contributed by atoms with E-state index in [-0.39, 0.29) is 11.4 Å². The van der Waals surface area contributed by atoms with Crippen molar-refractivity contribution in [2.24, 2.45) is 0 Å². The lowest BCUT2D eigenvalue weighted by atomic mass is 10.0. The number of benzene rings is 1. The fourth-order valence-electron chi connectivity index (χ4n) is 1.27. The van der Waals surface area contributed by atoms with Crippen LogP contribution in [0.3, 0.4) is 0 Å². The predicted molar refractivity (Wildman–Crippen MR) is 70.6 cm³/mol. The zero-order valence-electron chi connectivity index (χ0n) is 10.7. The molecule has 0 aliphatic rings. The Labute approximate surface area is 105 Å². The highest BCUT2D eigenvalue weighted by Crippen LogP contribution is 2.11. The van der Waals surface area contributed by atoms with Gasteiger partial charge in [0.05, 0.1) is 0 Å². The van der Waals surface area contributed by atoms with Crippen LogP contribution in [-0.4, -0.2) is 21.9 Å². The maximum absolute atomic E-state index is 11.9. The number of amides is 1. The van der Waals surface area contributed by atoms with Gasteiger partial charge in [0.15, 0.2) is 0 Å². The van der Waals surface area contributed by atoms with E-state index in [1.54, 1.807) is 30.5 Å². The third kappa shape index (κ3) is 3.97. The molecule has 1 aromatic rings. The minimum absolute atomic E-state index is 0.0923. The number of nitrogens with one attached hydrogen (secondary N) is 1. The summed E-state index contributed by atoms with van der Waals surface area (Å²) in [4.78, 5) is 12.6. The van der Waals surface area contributed by atoms with Crippen molar-refractivity contribution in [2.75, 3.05) is 6.26 Å². The van der Waals surface area contributed by atoms with Gasteiger partial charge in [-0.05, 0) is 44.5 Å². The van der Waals surface area contributed by atoms with Crippen molar-refractivity contribution >= 4 is 16.7 Å². The third-order valence-corrected chi connectivity index (χ3v) is 3.72. The molecule has 0 aliphatic heterocycles. The first-order chi connectivity index (χ1) is 7.85. The molecule has 0 fully saturated rings. The van der Waals surface area contributed by atoms with Gasteiger partial charge in [-0.15, -0.1) is 0 Å². The van der Waals surface area contributed by atoms with Gasteiger partial charge < -0.3 is 5.32 Å². The lowest BCUT2D eigenvalue weighted by Crippen LogP contribution is -2.42. The summed E-state index contributed by atoms with van der Waals surface area (Å²) in [5, 5.41) is 2.96. The molecule has 0 aliphatic carbocycles. The van der Waals surface area contributed by atoms with E-state index in [0.29, 0.717) is 5.56 Å². The van der Waals surface area contributed by atoms with Gasteiger partial charge in [-0.1, -0.05) is 6.92 Å². The molecule has 17 heavy (non-hydrogen) atoms. The van der Waals surface area contributed by atoms with Crippen molar-refractivity contribution < 1.29 is 9.00 Å². The second kappa shape index (κ2) is 5.45. The monoisotopic (exact) mass is 253 g/mol. The summed E-state index contributed by atoms with van der Waals surface area (Å²) in [5.74, 6) is -0.0923. The largest absolute Gasteiger partial charge is 0.347 e. The molecule has 0 saturated carbocycles. The number of hydrogen-bond acceptors (Lipinski definition) is 2. The Morgan fingerprint density at radius 1 is 1.29 bits per heavy atom. The van der Waals surface area contributed by atoms with Gasteiger partial charge in [-0.25, -0.2) is 0 Å². The summed E-state index contributed by atoms with van der Waals surface area (Å²) < 4.78 is 11.2. The first-order valence-electron chi connectivity index (χ1n) is 5.62. The zero-order chi connectivity index (χ0) is 13.1. The van der Waals surface area contributed by atoms with E-state index in [0.717, 1.165) is 11.3 Å². The summed E-state index contributed by atoms with van der Waals surface area (Å²) in [7, 11) is -1.00. The number of carbonyl (C=O) groups is 1. The topological polar surface area (TPSA) is 46.2 Å². The smallest absolute Gasteiger partial charge is 0.251 e. The minimum Gasteiger partial charge on any atom is -0.347 e. The summed E-state index contributed by atoms with van der Waals surface area (Å²) >= 11 is 0. The fraction of sp³-hybridized carbons (Fsp3) is 0.462. The Morgan fingerprint density at radius 2 is 1.82 bits per heavy atom. The van der Waals surface area contributed by atoms with Gasteiger partial charge in [0.2, 0.25) is 0 Å². The van der Waals surface area contributed by atoms with Gasteiger partial charge in [-0.2, -0.15) is 0 Å². The van der Waals surface area contributed by atoms with E-state index in [4.69, 9.17) is 0 Å². The molecule has 0 heterocycles. The normalized spacial score (nSPS) is 13.2. The molecule has 0 saturated heterocycles. The van der Waals surface area contributed by atoms with Crippen LogP contribution in [0.5, 0.6) is 0 Å². The summed E-state index contributed by atoms with van der Waals surface area (Å²) in [6.07, 6.45) is 2.49. The summed E-state index contributed by atoms with van der Waals surface area (Å²) in [5.41, 5.74) is 0.393. The molecule has 0 radical (unpaired) electrons. The molecule has 0 bridgehead atoms. The first kappa shape index (κ1) is 13.9. The van der Waals surface area contributed by atoms with E-state index >= 15 is 0 Å². The quantitative estimate of drug-likeness (QED) is 0.895. The lowest BCUT2D eigenvalue weighted by Gasteiger charge is -2.24. The average Bonchev–Trinajstić information content (AvgIpc) is 2.28. The van der Waals surface area contributed by atoms with Crippen LogP contribution in [0, 0.1) is 0 Å². The second-order valence-electron chi connectivity index (χ2n) is 4.67. The highest BCUT2D eigenvalue weighted by Gasteiger charge is 2.18. The van der Waals surface area contributed by atoms with E-state index < -0.39 is 10.8 Å². The van der Waals surface area contributed by atoms with Gasteiger partial charge in [-0.3, -0.25) is 9.00 Å². The SMILES string of the molecule is CCC(C)(C)NC(=O)c1ccc(S(C)=O)cc1. The van der Waals surface area contributed by atoms with Crippen molar-refractivity contribution in [3.05, 3.63) is 29.8 Å². The van der Waals surface area contributed by atoms with Crippen molar-refractivity contribution in [3.8, 4) is 0 Å². The van der Waals surface area contributed by atoms with E-state index in [2.05, 4.69) is 5.32 Å². The highest BCUT2D eigenvalue weighted by molar-refractivity contribution is 7.84. The first-order valence-corrected chi connectivity index (χ1v) is 7.17. The van der Waals surface area contributed by atoms with Crippen LogP contribution in [0.15, 0.2) is 29.2 Å². The average molecular weight is 253 g/mol. The summed E-state index contributed by atoms with van der Waals surface area (Å²) in [6.45, 7) is 6.00. The van der Waals surface area contributed by atoms with Crippen LogP contribution in [0.25, 0.3) is 0 Å². The molecule has 4 heteroatoms. The molecule has 1 N–H and O–H groups in total. The number of hydrogen-bond donors (Lipinski definition) is 1. The molecule has 0 aromatic heterocycles. The molecular weight excluding hydrogens is 234 g/mol. The van der Waals surface area contributed by atoms with Crippen LogP contribution in [0.1, 0.15) is 37.6 Å². The molecule has 3 nitrogen and oxygen atoms in total. The maximum Gasteiger partial charge on any atom is 0.251 e. The van der Waals surface area contributed by atoms with Crippen molar-refractivity contribution in [1.82, 2.24) is 5.32 Å². The van der Waals surface area contributed by atoms with Gasteiger partial charge in [0.25, 0.3) is 5.91 Å². The van der Waals surface area contributed by atoms with E-state index in [1.165, 1.54) is 0 Å². The summed E-state index contributed by atoms with van der Waals surface area (Å²) in [6, 6.07) is 6.86. The molecule has 1 aromatic carbocycles. The lowest BCUT2D eigenvalue weighted by molar-refractivity contribution is 0.0911. The van der Waals surface area contributed by atoms with Crippen LogP contribution < -0.4 is 5.32 Å². The molecule has 1 atom stereocenters. The van der Waals surface area contributed by atoms with Crippen molar-refractivity contribution in [1.29, 1.82) is 0 Å². The molecule has 94 valence electrons. The van der Waals surface area contributed by atoms with Crippen LogP contribution in [-0.2, 0) is 10.8 Å². The molecule has 0 spiro atoms. The zero-order valence-corrected chi connectivity index (χ0v) is 11.6. The van der Waals surface area contributed by atoms with Gasteiger partial charge in [0.1, 0.15) is 0 Å². The predicted octanol–water partition coefficient (Wildman–Crippen LogP) is 2.34. The van der Waals surface area contributed by atoms with E-state index in [1.807, 2.05) is 20.8 Å². The van der Waals surface area contributed by atoms with Crippen molar-refractivity contribution in [2.45, 2.75) is 37.6 Å². The second-order valence-corrected chi connectivity index (χ2v) is 6.05. The van der Waals surface area contributed by atoms with Crippen LogP contribution >= 0.6 is 0 Å². The van der Waals surface area contributed by atoms with Crippen LogP contribution in [0.2, 0.25) is 0 Å². The standard InChI is InChI=1S/C13H19NO2S/c1-5-13(2,3)14-12(15)10-6-8-11(9-7-10)17(4)16/h6-9H,5H2,1-4H3,(H,14,15). The van der Waals surface area contributed by atoms with E-state index in [9.17, 15) is 9.00 Å². The molecule has 1 amide bonds. The molecule has 1 rings (SSSR count). The Balaban J connectivity index is 2.80. The van der Waals surface area contributed by atoms with Gasteiger partial charge in [0, 0.05) is 33.1 Å². The molecular formula is C13H19NO2S. The Bertz CT molecular complexity index is 424. The molecule has 1 unspecified atom stereocenters. The Kier molecular flexibility index (Phi) is 4.46. The van der Waals surface area contributed by atoms with Crippen molar-refractivity contribution in [3.63, 3.8) is 0 Å². The fourth-order valence-corrected chi connectivity index (χ4v) is 1.79. The van der Waals surface area contributed by atoms with Crippen LogP contribution in [0.4, 0.5) is 0 Å². The number of carbonyl (C=O) groups excluding carboxylic acids is 1. The highest BCUT2D eigenvalue weighted by atomic mass is 32.2. The maximum atomic E-state index is 11.9. The minimum atomic E-state index is -1.00. The third-order valence-electron chi connectivity index (χ3n) is 2.78.